The maximum absolute atomic E-state index is 13.1. The zero-order chi connectivity index (χ0) is 20.1. The van der Waals surface area contributed by atoms with E-state index in [4.69, 9.17) is 0 Å². The zero-order valence-corrected chi connectivity index (χ0v) is 15.6. The fourth-order valence-corrected chi connectivity index (χ4v) is 4.14. The quantitative estimate of drug-likeness (QED) is 0.698. The summed E-state index contributed by atoms with van der Waals surface area (Å²) in [5, 5.41) is 17.3. The highest BCUT2D eigenvalue weighted by atomic mass is 19.4. The van der Waals surface area contributed by atoms with E-state index in [1.165, 1.54) is 16.8 Å². The number of anilines is 1. The van der Waals surface area contributed by atoms with Crippen LogP contribution in [0.5, 0.6) is 0 Å². The number of hydrogen-bond acceptors (Lipinski definition) is 5. The predicted octanol–water partition coefficient (Wildman–Crippen LogP) is 4.73. The molecule has 0 aliphatic carbocycles. The first-order chi connectivity index (χ1) is 13.3. The molecule has 146 valence electrons. The lowest BCUT2D eigenvalue weighted by Crippen LogP contribution is -2.34. The van der Waals surface area contributed by atoms with Gasteiger partial charge >= 0.3 is 6.18 Å². The van der Waals surface area contributed by atoms with E-state index in [1.54, 1.807) is 6.07 Å². The number of halogens is 3. The first-order valence-corrected chi connectivity index (χ1v) is 9.17. The number of nitriles is 1. The fraction of sp³-hybridized carbons (Fsp3) is 0.474. The van der Waals surface area contributed by atoms with Crippen molar-refractivity contribution in [1.29, 1.82) is 5.26 Å². The Morgan fingerprint density at radius 1 is 1.18 bits per heavy atom. The first-order valence-electron chi connectivity index (χ1n) is 9.17. The average Bonchev–Trinajstić information content (AvgIpc) is 2.99. The molecule has 1 aromatic carbocycles. The smallest absolute Gasteiger partial charge is 0.371 e. The van der Waals surface area contributed by atoms with Gasteiger partial charge in [0.05, 0.1) is 5.69 Å². The summed E-state index contributed by atoms with van der Waals surface area (Å²) < 4.78 is 39.9. The van der Waals surface area contributed by atoms with Crippen molar-refractivity contribution < 1.29 is 13.2 Å². The summed E-state index contributed by atoms with van der Waals surface area (Å²) in [6.07, 6.45) is -0.614. The van der Waals surface area contributed by atoms with Gasteiger partial charge in [-0.05, 0) is 55.4 Å². The molecule has 4 rings (SSSR count). The normalized spacial score (nSPS) is 16.4. The molecular formula is C19H19F3N6. The van der Waals surface area contributed by atoms with Crippen LogP contribution in [0.25, 0.3) is 0 Å². The van der Waals surface area contributed by atoms with Gasteiger partial charge in [-0.15, -0.1) is 10.2 Å². The van der Waals surface area contributed by atoms with Crippen LogP contribution in [0, 0.1) is 18.3 Å². The molecule has 0 atom stereocenters. The van der Waals surface area contributed by atoms with Crippen LogP contribution in [-0.2, 0) is 26.1 Å². The van der Waals surface area contributed by atoms with Crippen LogP contribution in [0.3, 0.4) is 0 Å². The Morgan fingerprint density at radius 2 is 1.89 bits per heavy atom. The van der Waals surface area contributed by atoms with Crippen molar-refractivity contribution in [2.24, 2.45) is 17.3 Å². The van der Waals surface area contributed by atoms with Crippen LogP contribution in [0.2, 0.25) is 0 Å². The maximum atomic E-state index is 13.1. The Labute approximate surface area is 160 Å². The second-order valence-corrected chi connectivity index (χ2v) is 7.18. The first kappa shape index (κ1) is 18.5. The molecule has 0 N–H and O–H groups in total. The van der Waals surface area contributed by atoms with Gasteiger partial charge in [0.15, 0.2) is 5.69 Å². The minimum absolute atomic E-state index is 0.265. The number of rotatable bonds is 2. The lowest BCUT2D eigenvalue weighted by Gasteiger charge is -2.37. The fourth-order valence-electron chi connectivity index (χ4n) is 4.14. The number of benzene rings is 1. The second kappa shape index (κ2) is 6.62. The summed E-state index contributed by atoms with van der Waals surface area (Å²) in [7, 11) is 1.15. The summed E-state index contributed by atoms with van der Waals surface area (Å²) in [5.41, 5.74) is 5.09. The second-order valence-electron chi connectivity index (χ2n) is 7.18. The summed E-state index contributed by atoms with van der Waals surface area (Å²) in [6.45, 7) is 4.08. The van der Waals surface area contributed by atoms with Crippen molar-refractivity contribution in [3.05, 3.63) is 34.3 Å². The molecule has 0 bridgehead atoms. The highest BCUT2D eigenvalue weighted by Gasteiger charge is 2.38. The van der Waals surface area contributed by atoms with Crippen molar-refractivity contribution in [2.45, 2.75) is 38.8 Å². The maximum Gasteiger partial charge on any atom is 0.449 e. The van der Waals surface area contributed by atoms with Crippen molar-refractivity contribution >= 4 is 17.2 Å². The third kappa shape index (κ3) is 2.93. The largest absolute Gasteiger partial charge is 0.449 e. The minimum atomic E-state index is -4.66. The SMILES string of the molecule is Cc1c(N=Nc2nc(C(F)(F)F)n(C)c2C#N)cc2c3c1CCCN3CCC2. The van der Waals surface area contributed by atoms with Crippen LogP contribution in [-0.4, -0.2) is 22.6 Å². The zero-order valence-electron chi connectivity index (χ0n) is 15.6. The Morgan fingerprint density at radius 3 is 2.57 bits per heavy atom. The van der Waals surface area contributed by atoms with Crippen LogP contribution >= 0.6 is 0 Å². The summed E-state index contributed by atoms with van der Waals surface area (Å²) in [4.78, 5) is 5.91. The summed E-state index contributed by atoms with van der Waals surface area (Å²) >= 11 is 0. The summed E-state index contributed by atoms with van der Waals surface area (Å²) in [6, 6.07) is 3.70. The topological polar surface area (TPSA) is 69.6 Å². The van der Waals surface area contributed by atoms with Crippen molar-refractivity contribution in [1.82, 2.24) is 9.55 Å². The van der Waals surface area contributed by atoms with Crippen LogP contribution in [0.1, 0.15) is 41.1 Å². The molecule has 0 unspecified atom stereocenters. The molecule has 6 nitrogen and oxygen atoms in total. The van der Waals surface area contributed by atoms with E-state index in [0.717, 1.165) is 51.4 Å². The number of nitrogens with zero attached hydrogens (tertiary/aromatic N) is 6. The molecule has 2 aromatic rings. The number of aromatic nitrogens is 2. The lowest BCUT2D eigenvalue weighted by atomic mass is 9.88. The van der Waals surface area contributed by atoms with Gasteiger partial charge in [-0.2, -0.15) is 18.4 Å². The van der Waals surface area contributed by atoms with Gasteiger partial charge in [0.1, 0.15) is 6.07 Å². The minimum Gasteiger partial charge on any atom is -0.371 e. The van der Waals surface area contributed by atoms with Crippen LogP contribution in [0.15, 0.2) is 16.3 Å². The molecule has 28 heavy (non-hydrogen) atoms. The molecule has 9 heteroatoms. The highest BCUT2D eigenvalue weighted by Crippen LogP contribution is 2.41. The van der Waals surface area contributed by atoms with Gasteiger partial charge in [-0.1, -0.05) is 0 Å². The highest BCUT2D eigenvalue weighted by molar-refractivity contribution is 5.71. The van der Waals surface area contributed by atoms with E-state index in [0.29, 0.717) is 10.3 Å². The molecule has 0 fully saturated rings. The Balaban J connectivity index is 1.77. The molecular weight excluding hydrogens is 369 g/mol. The Kier molecular flexibility index (Phi) is 4.37. The molecule has 0 saturated heterocycles. The lowest BCUT2D eigenvalue weighted by molar-refractivity contribution is -0.146. The van der Waals surface area contributed by atoms with E-state index in [-0.39, 0.29) is 11.5 Å². The van der Waals surface area contributed by atoms with Crippen LogP contribution < -0.4 is 4.90 Å². The van der Waals surface area contributed by atoms with E-state index in [9.17, 15) is 18.4 Å². The van der Waals surface area contributed by atoms with Gasteiger partial charge in [-0.3, -0.25) is 0 Å². The van der Waals surface area contributed by atoms with E-state index in [2.05, 4.69) is 20.1 Å². The van der Waals surface area contributed by atoms with Gasteiger partial charge in [0.2, 0.25) is 11.6 Å². The van der Waals surface area contributed by atoms with Crippen molar-refractivity contribution in [3.8, 4) is 6.07 Å². The van der Waals surface area contributed by atoms with Gasteiger partial charge in [0, 0.05) is 25.8 Å². The molecule has 2 aliphatic rings. The molecule has 2 aliphatic heterocycles. The van der Waals surface area contributed by atoms with Crippen molar-refractivity contribution in [3.63, 3.8) is 0 Å². The number of aryl methyl sites for hydroxylation is 1. The van der Waals surface area contributed by atoms with Gasteiger partial charge in [-0.25, -0.2) is 4.98 Å². The summed E-state index contributed by atoms with van der Waals surface area (Å²) in [5.74, 6) is -1.48. The van der Waals surface area contributed by atoms with Crippen LogP contribution in [0.4, 0.5) is 30.4 Å². The molecule has 0 amide bonds. The van der Waals surface area contributed by atoms with Crippen molar-refractivity contribution in [2.75, 3.05) is 18.0 Å². The number of hydrogen-bond donors (Lipinski definition) is 0. The Hall–Kier alpha value is -2.89. The predicted molar refractivity (Wildman–Crippen MR) is 97.1 cm³/mol. The van der Waals surface area contributed by atoms with E-state index in [1.807, 2.05) is 13.0 Å². The Bertz CT molecular complexity index is 1010. The van der Waals surface area contributed by atoms with E-state index >= 15 is 0 Å². The number of alkyl halides is 3. The molecule has 0 saturated carbocycles. The number of imidazole rings is 1. The monoisotopic (exact) mass is 388 g/mol. The third-order valence-corrected chi connectivity index (χ3v) is 5.47. The molecule has 3 heterocycles. The molecule has 1 aromatic heterocycles. The molecule has 0 radical (unpaired) electrons. The van der Waals surface area contributed by atoms with Gasteiger partial charge in [0.25, 0.3) is 0 Å². The third-order valence-electron chi connectivity index (χ3n) is 5.47. The standard InChI is InChI=1S/C19H19F3N6/c1-11-13-6-4-8-28-7-3-5-12(16(13)28)9-14(11)25-26-17-15(10-23)27(2)18(24-17)19(20,21)22/h9H,3-8H2,1-2H3. The van der Waals surface area contributed by atoms with E-state index < -0.39 is 12.0 Å². The average molecular weight is 388 g/mol. The van der Waals surface area contributed by atoms with Gasteiger partial charge < -0.3 is 9.47 Å². The number of azo groups is 1. The molecule has 0 spiro atoms.